The highest BCUT2D eigenvalue weighted by Crippen LogP contribution is 2.57. The second-order valence-electron chi connectivity index (χ2n) is 13.7. The molecule has 0 atom stereocenters. The van der Waals surface area contributed by atoms with Gasteiger partial charge in [0, 0.05) is 27.7 Å². The molecule has 50 heavy (non-hydrogen) atoms. The van der Waals surface area contributed by atoms with Crippen LogP contribution in [0.25, 0.3) is 55.3 Å². The number of hydrogen-bond acceptors (Lipinski definition) is 1. The molecule has 1 nitrogen and oxygen atoms in total. The SMILES string of the molecule is CC1(C)c2cc(-c3ccccc3)ccc2-c2c1cc1ccccc1c2N(c1ccccc1)c1ccc(-c2ccccc2-c2ccccc2)cc1. The summed E-state index contributed by atoms with van der Waals surface area (Å²) >= 11 is 0. The average Bonchev–Trinajstić information content (AvgIpc) is 3.41. The number of anilines is 3. The molecule has 0 fully saturated rings. The first-order chi connectivity index (χ1) is 24.6. The van der Waals surface area contributed by atoms with Crippen molar-refractivity contribution in [3.8, 4) is 44.5 Å². The highest BCUT2D eigenvalue weighted by Gasteiger charge is 2.39. The van der Waals surface area contributed by atoms with Crippen molar-refractivity contribution in [1.82, 2.24) is 0 Å². The molecule has 0 heterocycles. The molecule has 0 radical (unpaired) electrons. The quantitative estimate of drug-likeness (QED) is 0.175. The Bertz CT molecular complexity index is 2480. The molecule has 1 heteroatoms. The van der Waals surface area contributed by atoms with Gasteiger partial charge in [-0.05, 0) is 91.9 Å². The fourth-order valence-electron chi connectivity index (χ4n) is 7.94. The van der Waals surface area contributed by atoms with Gasteiger partial charge in [0.1, 0.15) is 0 Å². The zero-order valence-corrected chi connectivity index (χ0v) is 28.3. The molecular formula is C49H37N. The Morgan fingerprint density at radius 1 is 0.380 bits per heavy atom. The van der Waals surface area contributed by atoms with Crippen molar-refractivity contribution in [3.63, 3.8) is 0 Å². The van der Waals surface area contributed by atoms with Crippen LogP contribution in [0.2, 0.25) is 0 Å². The van der Waals surface area contributed by atoms with E-state index in [0.29, 0.717) is 0 Å². The van der Waals surface area contributed by atoms with E-state index in [1.165, 1.54) is 72.1 Å². The number of fused-ring (bicyclic) bond motifs is 4. The Hall–Kier alpha value is -6.18. The minimum atomic E-state index is -0.179. The summed E-state index contributed by atoms with van der Waals surface area (Å²) in [6.07, 6.45) is 0. The summed E-state index contributed by atoms with van der Waals surface area (Å²) < 4.78 is 0. The number of rotatable bonds is 6. The van der Waals surface area contributed by atoms with Crippen molar-refractivity contribution in [3.05, 3.63) is 199 Å². The molecule has 0 saturated carbocycles. The molecule has 238 valence electrons. The Morgan fingerprint density at radius 3 is 1.58 bits per heavy atom. The first-order valence-corrected chi connectivity index (χ1v) is 17.4. The van der Waals surface area contributed by atoms with E-state index in [1.54, 1.807) is 0 Å². The van der Waals surface area contributed by atoms with Gasteiger partial charge in [0.15, 0.2) is 0 Å². The van der Waals surface area contributed by atoms with Gasteiger partial charge in [0.25, 0.3) is 0 Å². The van der Waals surface area contributed by atoms with Gasteiger partial charge < -0.3 is 4.90 Å². The number of para-hydroxylation sites is 1. The van der Waals surface area contributed by atoms with E-state index < -0.39 is 0 Å². The lowest BCUT2D eigenvalue weighted by atomic mass is 9.81. The molecular weight excluding hydrogens is 603 g/mol. The number of hydrogen-bond donors (Lipinski definition) is 0. The van der Waals surface area contributed by atoms with Crippen LogP contribution in [0.5, 0.6) is 0 Å². The van der Waals surface area contributed by atoms with Crippen molar-refractivity contribution >= 4 is 27.8 Å². The predicted molar refractivity (Wildman–Crippen MR) is 213 cm³/mol. The van der Waals surface area contributed by atoms with E-state index >= 15 is 0 Å². The van der Waals surface area contributed by atoms with E-state index in [9.17, 15) is 0 Å². The second-order valence-corrected chi connectivity index (χ2v) is 13.7. The van der Waals surface area contributed by atoms with Crippen LogP contribution in [0.1, 0.15) is 25.0 Å². The summed E-state index contributed by atoms with van der Waals surface area (Å²) in [5.74, 6) is 0. The fraction of sp³-hybridized carbons (Fsp3) is 0.0612. The van der Waals surface area contributed by atoms with E-state index in [0.717, 1.165) is 11.4 Å². The molecule has 0 amide bonds. The minimum Gasteiger partial charge on any atom is -0.309 e. The molecule has 0 aliphatic heterocycles. The molecule has 0 N–H and O–H groups in total. The molecule has 0 bridgehead atoms. The average molecular weight is 640 g/mol. The summed E-state index contributed by atoms with van der Waals surface area (Å²) in [5.41, 5.74) is 16.0. The Kier molecular flexibility index (Phi) is 7.21. The molecule has 1 aliphatic carbocycles. The highest BCUT2D eigenvalue weighted by molar-refractivity contribution is 6.10. The largest absolute Gasteiger partial charge is 0.309 e. The first kappa shape index (κ1) is 29.9. The van der Waals surface area contributed by atoms with Crippen LogP contribution in [0.4, 0.5) is 17.1 Å². The monoisotopic (exact) mass is 639 g/mol. The van der Waals surface area contributed by atoms with Crippen molar-refractivity contribution in [2.75, 3.05) is 4.90 Å². The molecule has 0 saturated heterocycles. The zero-order valence-electron chi connectivity index (χ0n) is 28.3. The zero-order chi connectivity index (χ0) is 33.7. The molecule has 8 aromatic carbocycles. The van der Waals surface area contributed by atoms with Crippen molar-refractivity contribution in [1.29, 1.82) is 0 Å². The summed E-state index contributed by atoms with van der Waals surface area (Å²) in [6, 6.07) is 68.5. The van der Waals surface area contributed by atoms with Crippen LogP contribution in [-0.4, -0.2) is 0 Å². The third kappa shape index (κ3) is 4.94. The van der Waals surface area contributed by atoms with Crippen LogP contribution < -0.4 is 4.90 Å². The Morgan fingerprint density at radius 2 is 0.900 bits per heavy atom. The molecule has 0 unspecified atom stereocenters. The summed E-state index contributed by atoms with van der Waals surface area (Å²) in [4.78, 5) is 2.48. The predicted octanol–water partition coefficient (Wildman–Crippen LogP) is 13.6. The van der Waals surface area contributed by atoms with E-state index in [4.69, 9.17) is 0 Å². The third-order valence-electron chi connectivity index (χ3n) is 10.5. The van der Waals surface area contributed by atoms with Gasteiger partial charge in [-0.15, -0.1) is 0 Å². The van der Waals surface area contributed by atoms with Gasteiger partial charge in [0.05, 0.1) is 5.69 Å². The maximum atomic E-state index is 2.48. The van der Waals surface area contributed by atoms with Crippen molar-refractivity contribution in [2.24, 2.45) is 0 Å². The van der Waals surface area contributed by atoms with Gasteiger partial charge in [-0.25, -0.2) is 0 Å². The van der Waals surface area contributed by atoms with E-state index in [2.05, 4.69) is 207 Å². The molecule has 9 rings (SSSR count). The summed E-state index contributed by atoms with van der Waals surface area (Å²) in [7, 11) is 0. The Balaban J connectivity index is 1.26. The summed E-state index contributed by atoms with van der Waals surface area (Å²) in [5, 5.41) is 2.49. The second kappa shape index (κ2) is 12.1. The van der Waals surface area contributed by atoms with Gasteiger partial charge in [-0.2, -0.15) is 0 Å². The van der Waals surface area contributed by atoms with Gasteiger partial charge in [0.2, 0.25) is 0 Å². The van der Waals surface area contributed by atoms with Gasteiger partial charge in [-0.1, -0.05) is 166 Å². The lowest BCUT2D eigenvalue weighted by molar-refractivity contribution is 0.661. The van der Waals surface area contributed by atoms with E-state index in [-0.39, 0.29) is 5.41 Å². The number of benzene rings is 8. The lowest BCUT2D eigenvalue weighted by Crippen LogP contribution is -2.16. The molecule has 0 spiro atoms. The maximum absolute atomic E-state index is 2.48. The lowest BCUT2D eigenvalue weighted by Gasteiger charge is -2.30. The molecule has 8 aromatic rings. The summed E-state index contributed by atoms with van der Waals surface area (Å²) in [6.45, 7) is 4.77. The topological polar surface area (TPSA) is 3.24 Å². The highest BCUT2D eigenvalue weighted by atomic mass is 15.1. The minimum absolute atomic E-state index is 0.179. The fourth-order valence-corrected chi connectivity index (χ4v) is 7.94. The van der Waals surface area contributed by atoms with Crippen molar-refractivity contribution in [2.45, 2.75) is 19.3 Å². The van der Waals surface area contributed by atoms with Crippen LogP contribution in [-0.2, 0) is 5.41 Å². The number of nitrogens with zero attached hydrogens (tertiary/aromatic N) is 1. The van der Waals surface area contributed by atoms with Crippen LogP contribution in [0.15, 0.2) is 188 Å². The first-order valence-electron chi connectivity index (χ1n) is 17.4. The van der Waals surface area contributed by atoms with Gasteiger partial charge >= 0.3 is 0 Å². The van der Waals surface area contributed by atoms with E-state index in [1.807, 2.05) is 0 Å². The van der Waals surface area contributed by atoms with Crippen LogP contribution in [0, 0.1) is 0 Å². The van der Waals surface area contributed by atoms with Crippen LogP contribution >= 0.6 is 0 Å². The maximum Gasteiger partial charge on any atom is 0.0621 e. The Labute approximate surface area is 294 Å². The standard InChI is InChI=1S/C49H37N/c1-49(2)45-32-37(34-16-6-3-7-17-34)28-31-44(45)47-46(49)33-38-20-12-13-25-43(38)48(47)50(39-21-10-5-11-22-39)40-29-26-36(27-30-40)42-24-15-14-23-41(42)35-18-8-4-9-19-35/h3-33H,1-2H3. The van der Waals surface area contributed by atoms with Crippen molar-refractivity contribution < 1.29 is 0 Å². The molecule has 1 aliphatic rings. The normalized spacial score (nSPS) is 12.8. The third-order valence-corrected chi connectivity index (χ3v) is 10.5. The molecule has 0 aromatic heterocycles. The smallest absolute Gasteiger partial charge is 0.0621 e. The van der Waals surface area contributed by atoms with Gasteiger partial charge in [-0.3, -0.25) is 0 Å². The van der Waals surface area contributed by atoms with Crippen LogP contribution in [0.3, 0.4) is 0 Å².